The Hall–Kier alpha value is -3.23. The maximum absolute atomic E-state index is 12.5. The predicted octanol–water partition coefficient (Wildman–Crippen LogP) is 2.81. The molecule has 0 heterocycles. The Morgan fingerprint density at radius 3 is 2.46 bits per heavy atom. The van der Waals surface area contributed by atoms with Crippen LogP contribution in [-0.2, 0) is 13.1 Å². The number of nitrogens with zero attached hydrogens (tertiary/aromatic N) is 1. The zero-order valence-electron chi connectivity index (χ0n) is 15.4. The van der Waals surface area contributed by atoms with Crippen LogP contribution in [0.5, 0.6) is 5.75 Å². The van der Waals surface area contributed by atoms with Crippen molar-refractivity contribution in [2.45, 2.75) is 19.5 Å². The summed E-state index contributed by atoms with van der Waals surface area (Å²) in [5.74, 6) is -0.0611. The third-order valence-electron chi connectivity index (χ3n) is 3.74. The number of hydrogen-bond acceptors (Lipinski definition) is 3. The van der Waals surface area contributed by atoms with Crippen LogP contribution in [0, 0.1) is 0 Å². The van der Waals surface area contributed by atoms with E-state index in [1.54, 1.807) is 38.4 Å². The lowest BCUT2D eigenvalue weighted by Crippen LogP contribution is -2.36. The van der Waals surface area contributed by atoms with Gasteiger partial charge >= 0.3 is 6.36 Å². The van der Waals surface area contributed by atoms with Crippen molar-refractivity contribution < 1.29 is 22.7 Å². The molecular weight excluding hydrogens is 373 g/mol. The highest BCUT2D eigenvalue weighted by molar-refractivity contribution is 5.94. The number of guanidine groups is 1. The Bertz CT molecular complexity index is 838. The third-order valence-corrected chi connectivity index (χ3v) is 3.74. The Kier molecular flexibility index (Phi) is 7.25. The number of aliphatic imine (C=N–C) groups is 1. The number of ether oxygens (including phenoxy) is 1. The molecule has 3 N–H and O–H groups in total. The van der Waals surface area contributed by atoms with Gasteiger partial charge in [0, 0.05) is 38.3 Å². The van der Waals surface area contributed by atoms with E-state index < -0.39 is 6.36 Å². The molecule has 28 heavy (non-hydrogen) atoms. The summed E-state index contributed by atoms with van der Waals surface area (Å²) in [5, 5.41) is 8.55. The Labute approximate surface area is 160 Å². The van der Waals surface area contributed by atoms with Gasteiger partial charge in [0.2, 0.25) is 0 Å². The molecule has 2 rings (SSSR count). The predicted molar refractivity (Wildman–Crippen MR) is 100.0 cm³/mol. The maximum atomic E-state index is 12.5. The van der Waals surface area contributed by atoms with E-state index in [1.165, 1.54) is 18.2 Å². The van der Waals surface area contributed by atoms with Crippen molar-refractivity contribution in [3.05, 3.63) is 65.2 Å². The molecule has 0 bridgehead atoms. The molecule has 0 fully saturated rings. The van der Waals surface area contributed by atoms with E-state index in [1.807, 2.05) is 6.07 Å². The number of alkyl halides is 3. The first-order chi connectivity index (χ1) is 13.3. The van der Waals surface area contributed by atoms with E-state index in [9.17, 15) is 18.0 Å². The van der Waals surface area contributed by atoms with Gasteiger partial charge in [-0.1, -0.05) is 30.3 Å². The van der Waals surface area contributed by atoms with Gasteiger partial charge < -0.3 is 20.7 Å². The molecule has 0 unspecified atom stereocenters. The fourth-order valence-corrected chi connectivity index (χ4v) is 2.43. The van der Waals surface area contributed by atoms with E-state index >= 15 is 0 Å². The molecule has 9 heteroatoms. The summed E-state index contributed by atoms with van der Waals surface area (Å²) in [6.45, 7) is 0.468. The van der Waals surface area contributed by atoms with Crippen molar-refractivity contribution >= 4 is 11.9 Å². The van der Waals surface area contributed by atoms with Crippen molar-refractivity contribution in [2.75, 3.05) is 14.1 Å². The molecule has 6 nitrogen and oxygen atoms in total. The van der Waals surface area contributed by atoms with Crippen LogP contribution in [0.15, 0.2) is 53.5 Å². The fraction of sp³-hybridized carbons (Fsp3) is 0.263. The average molecular weight is 394 g/mol. The molecule has 0 aliphatic heterocycles. The number of para-hydroxylation sites is 1. The second-order valence-electron chi connectivity index (χ2n) is 5.71. The normalized spacial score (nSPS) is 11.7. The summed E-state index contributed by atoms with van der Waals surface area (Å²) in [4.78, 5) is 15.7. The van der Waals surface area contributed by atoms with Crippen LogP contribution in [0.2, 0.25) is 0 Å². The van der Waals surface area contributed by atoms with Gasteiger partial charge in [-0.15, -0.1) is 13.2 Å². The number of nitrogens with one attached hydrogen (secondary N) is 3. The van der Waals surface area contributed by atoms with Gasteiger partial charge in [-0.05, 0) is 23.8 Å². The van der Waals surface area contributed by atoms with E-state index in [-0.39, 0.29) is 18.2 Å². The van der Waals surface area contributed by atoms with Gasteiger partial charge in [0.05, 0.1) is 0 Å². The summed E-state index contributed by atoms with van der Waals surface area (Å²) in [5.41, 5.74) is 1.72. The minimum Gasteiger partial charge on any atom is -0.405 e. The number of hydrogen-bond donors (Lipinski definition) is 3. The highest BCUT2D eigenvalue weighted by Gasteiger charge is 2.31. The first kappa shape index (κ1) is 21.1. The Morgan fingerprint density at radius 1 is 1.07 bits per heavy atom. The molecule has 150 valence electrons. The van der Waals surface area contributed by atoms with Gasteiger partial charge in [0.15, 0.2) is 5.96 Å². The smallest absolute Gasteiger partial charge is 0.405 e. The van der Waals surface area contributed by atoms with Crippen LogP contribution in [0.25, 0.3) is 0 Å². The lowest BCUT2D eigenvalue weighted by atomic mass is 10.1. The highest BCUT2D eigenvalue weighted by Crippen LogP contribution is 2.26. The first-order valence-electron chi connectivity index (χ1n) is 8.41. The number of carbonyl (C=O) groups excluding carboxylic acids is 1. The molecule has 1 amide bonds. The SMILES string of the molecule is CN=C(NCc1cccc(C(=O)NC)c1)NCc1ccccc1OC(F)(F)F. The van der Waals surface area contributed by atoms with Crippen molar-refractivity contribution in [1.82, 2.24) is 16.0 Å². The summed E-state index contributed by atoms with van der Waals surface area (Å²) in [6, 6.07) is 12.9. The largest absolute Gasteiger partial charge is 0.573 e. The summed E-state index contributed by atoms with van der Waals surface area (Å²) < 4.78 is 41.5. The van der Waals surface area contributed by atoms with Gasteiger partial charge in [0.1, 0.15) is 5.75 Å². The minimum absolute atomic E-state index is 0.0875. The maximum Gasteiger partial charge on any atom is 0.573 e. The minimum atomic E-state index is -4.76. The van der Waals surface area contributed by atoms with Gasteiger partial charge in [-0.3, -0.25) is 9.79 Å². The van der Waals surface area contributed by atoms with Crippen molar-refractivity contribution in [3.8, 4) is 5.75 Å². The highest BCUT2D eigenvalue weighted by atomic mass is 19.4. The topological polar surface area (TPSA) is 74.8 Å². The number of amides is 1. The molecule has 0 saturated carbocycles. The second-order valence-corrected chi connectivity index (χ2v) is 5.71. The lowest BCUT2D eigenvalue weighted by Gasteiger charge is -2.16. The Morgan fingerprint density at radius 2 is 1.79 bits per heavy atom. The molecule has 2 aromatic carbocycles. The van der Waals surface area contributed by atoms with Crippen LogP contribution in [-0.4, -0.2) is 32.3 Å². The number of rotatable bonds is 6. The van der Waals surface area contributed by atoms with Crippen LogP contribution in [0.4, 0.5) is 13.2 Å². The quantitative estimate of drug-likeness (QED) is 0.520. The summed E-state index contributed by atoms with van der Waals surface area (Å²) in [6.07, 6.45) is -4.76. The van der Waals surface area contributed by atoms with E-state index in [0.29, 0.717) is 23.6 Å². The zero-order valence-corrected chi connectivity index (χ0v) is 15.4. The lowest BCUT2D eigenvalue weighted by molar-refractivity contribution is -0.274. The summed E-state index contributed by atoms with van der Waals surface area (Å²) >= 11 is 0. The Balaban J connectivity index is 1.97. The van der Waals surface area contributed by atoms with Crippen LogP contribution in [0.3, 0.4) is 0 Å². The average Bonchev–Trinajstić information content (AvgIpc) is 2.67. The molecular formula is C19H21F3N4O2. The molecule has 2 aromatic rings. The standard InChI is InChI=1S/C19H21F3N4O2/c1-23-17(27)14-8-5-6-13(10-14)11-25-18(24-2)26-12-15-7-3-4-9-16(15)28-19(20,21)22/h3-10H,11-12H2,1-2H3,(H,23,27)(H2,24,25,26). The molecule has 0 aliphatic carbocycles. The van der Waals surface area contributed by atoms with Gasteiger partial charge in [0.25, 0.3) is 5.91 Å². The number of benzene rings is 2. The molecule has 0 saturated heterocycles. The zero-order chi connectivity index (χ0) is 20.6. The first-order valence-corrected chi connectivity index (χ1v) is 8.41. The van der Waals surface area contributed by atoms with Gasteiger partial charge in [-0.2, -0.15) is 0 Å². The number of carbonyl (C=O) groups is 1. The van der Waals surface area contributed by atoms with Crippen molar-refractivity contribution in [2.24, 2.45) is 4.99 Å². The van der Waals surface area contributed by atoms with E-state index in [2.05, 4.69) is 25.7 Å². The van der Waals surface area contributed by atoms with E-state index in [4.69, 9.17) is 0 Å². The second kappa shape index (κ2) is 9.63. The van der Waals surface area contributed by atoms with Crippen molar-refractivity contribution in [3.63, 3.8) is 0 Å². The van der Waals surface area contributed by atoms with Crippen molar-refractivity contribution in [1.29, 1.82) is 0 Å². The molecule has 0 radical (unpaired) electrons. The van der Waals surface area contributed by atoms with Crippen LogP contribution >= 0.6 is 0 Å². The van der Waals surface area contributed by atoms with Gasteiger partial charge in [-0.25, -0.2) is 0 Å². The van der Waals surface area contributed by atoms with Crippen LogP contribution < -0.4 is 20.7 Å². The molecule has 0 atom stereocenters. The molecule has 0 spiro atoms. The third kappa shape index (κ3) is 6.49. The van der Waals surface area contributed by atoms with Crippen LogP contribution in [0.1, 0.15) is 21.5 Å². The fourth-order valence-electron chi connectivity index (χ4n) is 2.43. The summed E-state index contributed by atoms with van der Waals surface area (Å²) in [7, 11) is 3.10. The monoisotopic (exact) mass is 394 g/mol. The molecule has 0 aromatic heterocycles. The molecule has 0 aliphatic rings. The number of halogens is 3. The van der Waals surface area contributed by atoms with E-state index in [0.717, 1.165) is 5.56 Å².